The number of halogens is 2. The lowest BCUT2D eigenvalue weighted by Gasteiger charge is -2.26. The van der Waals surface area contributed by atoms with Gasteiger partial charge < -0.3 is 16.0 Å². The highest BCUT2D eigenvalue weighted by molar-refractivity contribution is 6.43. The van der Waals surface area contributed by atoms with Gasteiger partial charge in [0.25, 0.3) is 17.4 Å². The molecule has 1 atom stereocenters. The fourth-order valence-electron chi connectivity index (χ4n) is 2.99. The zero-order chi connectivity index (χ0) is 18.1. The van der Waals surface area contributed by atoms with Crippen molar-refractivity contribution in [1.29, 1.82) is 0 Å². The maximum Gasteiger partial charge on any atom is 0.261 e. The van der Waals surface area contributed by atoms with Gasteiger partial charge in [-0.15, -0.1) is 0 Å². The number of fused-ring (bicyclic) bond motifs is 1. The first-order valence-electron chi connectivity index (χ1n) is 7.69. The summed E-state index contributed by atoms with van der Waals surface area (Å²) in [5.41, 5.74) is 6.25. The highest BCUT2D eigenvalue weighted by Gasteiger charge is 2.26. The Kier molecular flexibility index (Phi) is 4.83. The van der Waals surface area contributed by atoms with E-state index in [1.807, 2.05) is 0 Å². The molecule has 1 heterocycles. The molecule has 25 heavy (non-hydrogen) atoms. The lowest BCUT2D eigenvalue weighted by atomic mass is 9.90. The third-order valence-electron chi connectivity index (χ3n) is 4.22. The van der Waals surface area contributed by atoms with Gasteiger partial charge in [-0.1, -0.05) is 29.3 Å². The first kappa shape index (κ1) is 17.5. The van der Waals surface area contributed by atoms with Gasteiger partial charge in [0.15, 0.2) is 0 Å². The predicted molar refractivity (Wildman–Crippen MR) is 95.2 cm³/mol. The van der Waals surface area contributed by atoms with Crippen molar-refractivity contribution >= 4 is 35.0 Å². The molecule has 1 aliphatic carbocycles. The maximum atomic E-state index is 12.6. The Bertz CT molecular complexity index is 924. The van der Waals surface area contributed by atoms with Crippen LogP contribution in [0.25, 0.3) is 0 Å². The van der Waals surface area contributed by atoms with Crippen molar-refractivity contribution in [3.63, 3.8) is 0 Å². The van der Waals surface area contributed by atoms with E-state index in [9.17, 15) is 14.4 Å². The summed E-state index contributed by atoms with van der Waals surface area (Å²) in [6, 6.07) is 5.91. The van der Waals surface area contributed by atoms with Crippen LogP contribution in [-0.4, -0.2) is 16.8 Å². The van der Waals surface area contributed by atoms with Gasteiger partial charge >= 0.3 is 0 Å². The van der Waals surface area contributed by atoms with E-state index in [-0.39, 0.29) is 28.1 Å². The van der Waals surface area contributed by atoms with E-state index >= 15 is 0 Å². The molecule has 3 rings (SSSR count). The van der Waals surface area contributed by atoms with Crippen LogP contribution in [0.1, 0.15) is 50.9 Å². The molecule has 1 aliphatic rings. The maximum absolute atomic E-state index is 12.6. The van der Waals surface area contributed by atoms with Crippen LogP contribution < -0.4 is 16.6 Å². The van der Waals surface area contributed by atoms with Crippen molar-refractivity contribution in [2.45, 2.75) is 25.3 Å². The lowest BCUT2D eigenvalue weighted by molar-refractivity contribution is 0.0932. The van der Waals surface area contributed by atoms with E-state index in [2.05, 4.69) is 10.3 Å². The quantitative estimate of drug-likeness (QED) is 0.762. The van der Waals surface area contributed by atoms with Gasteiger partial charge in [-0.25, -0.2) is 0 Å². The Balaban J connectivity index is 1.94. The van der Waals surface area contributed by atoms with Crippen molar-refractivity contribution in [1.82, 2.24) is 10.3 Å². The number of aromatic amines is 1. The SMILES string of the molecule is NC(=O)c1cc2c([nH]c1=O)CCCC2NC(=O)c1cccc(Cl)c1Cl. The first-order chi connectivity index (χ1) is 11.9. The fourth-order valence-corrected chi connectivity index (χ4v) is 3.38. The Labute approximate surface area is 153 Å². The van der Waals surface area contributed by atoms with E-state index in [1.54, 1.807) is 18.2 Å². The molecule has 1 aromatic heterocycles. The minimum atomic E-state index is -0.808. The standard InChI is InChI=1S/C17H15Cl2N3O3/c18-11-4-1-3-8(14(11)19)16(24)21-12-5-2-6-13-9(12)7-10(15(20)23)17(25)22-13/h1,3-4,7,12H,2,5-6H2,(H2,20,23)(H,21,24)(H,22,25). The van der Waals surface area contributed by atoms with Gasteiger partial charge in [-0.05, 0) is 43.0 Å². The smallest absolute Gasteiger partial charge is 0.261 e. The number of H-pyrrole nitrogens is 1. The van der Waals surface area contributed by atoms with Gasteiger partial charge in [0.2, 0.25) is 0 Å². The fraction of sp³-hybridized carbons (Fsp3) is 0.235. The van der Waals surface area contributed by atoms with Gasteiger partial charge in [0, 0.05) is 5.69 Å². The number of primary amides is 1. The minimum absolute atomic E-state index is 0.124. The van der Waals surface area contributed by atoms with Crippen LogP contribution in [0.4, 0.5) is 0 Å². The molecule has 8 heteroatoms. The van der Waals surface area contributed by atoms with Crippen molar-refractivity contribution in [2.24, 2.45) is 5.73 Å². The number of hydrogen-bond acceptors (Lipinski definition) is 3. The molecule has 0 bridgehead atoms. The van der Waals surface area contributed by atoms with E-state index in [0.717, 1.165) is 6.42 Å². The molecule has 0 saturated heterocycles. The molecule has 130 valence electrons. The van der Waals surface area contributed by atoms with Crippen molar-refractivity contribution < 1.29 is 9.59 Å². The minimum Gasteiger partial charge on any atom is -0.365 e. The molecule has 6 nitrogen and oxygen atoms in total. The molecule has 0 radical (unpaired) electrons. The predicted octanol–water partition coefficient (Wildman–Crippen LogP) is 2.59. The van der Waals surface area contributed by atoms with Crippen molar-refractivity contribution in [3.05, 3.63) is 67.0 Å². The number of benzene rings is 1. The van der Waals surface area contributed by atoms with Crippen molar-refractivity contribution in [2.75, 3.05) is 0 Å². The van der Waals surface area contributed by atoms with Gasteiger partial charge in [0.05, 0.1) is 21.7 Å². The highest BCUT2D eigenvalue weighted by atomic mass is 35.5. The monoisotopic (exact) mass is 379 g/mol. The number of carbonyl (C=O) groups is 2. The van der Waals surface area contributed by atoms with Crippen LogP contribution in [0, 0.1) is 0 Å². The molecular weight excluding hydrogens is 365 g/mol. The summed E-state index contributed by atoms with van der Waals surface area (Å²) in [5.74, 6) is -1.19. The van der Waals surface area contributed by atoms with Crippen LogP contribution in [0.3, 0.4) is 0 Å². The zero-order valence-electron chi connectivity index (χ0n) is 13.1. The summed E-state index contributed by atoms with van der Waals surface area (Å²) >= 11 is 12.0. The van der Waals surface area contributed by atoms with Gasteiger partial charge in [0.1, 0.15) is 5.56 Å². The molecule has 0 aliphatic heterocycles. The number of nitrogens with one attached hydrogen (secondary N) is 2. The molecule has 2 aromatic rings. The molecule has 4 N–H and O–H groups in total. The average molecular weight is 380 g/mol. The Morgan fingerprint density at radius 1 is 1.24 bits per heavy atom. The zero-order valence-corrected chi connectivity index (χ0v) is 14.6. The summed E-state index contributed by atoms with van der Waals surface area (Å²) in [6.45, 7) is 0. The molecule has 0 spiro atoms. The summed E-state index contributed by atoms with van der Waals surface area (Å²) in [7, 11) is 0. The molecule has 1 unspecified atom stereocenters. The van der Waals surface area contributed by atoms with Crippen molar-refractivity contribution in [3.8, 4) is 0 Å². The van der Waals surface area contributed by atoms with Crippen LogP contribution in [0.2, 0.25) is 10.0 Å². The molecule has 1 aromatic carbocycles. The normalized spacial score (nSPS) is 16.2. The third-order valence-corrected chi connectivity index (χ3v) is 5.04. The Morgan fingerprint density at radius 3 is 2.72 bits per heavy atom. The number of rotatable bonds is 3. The van der Waals surface area contributed by atoms with Crippen LogP contribution in [0.5, 0.6) is 0 Å². The average Bonchev–Trinajstić information content (AvgIpc) is 2.56. The topological polar surface area (TPSA) is 105 Å². The second-order valence-electron chi connectivity index (χ2n) is 5.83. The second kappa shape index (κ2) is 6.90. The van der Waals surface area contributed by atoms with E-state index in [4.69, 9.17) is 28.9 Å². The molecular formula is C17H15Cl2N3O3. The van der Waals surface area contributed by atoms with Crippen LogP contribution in [-0.2, 0) is 6.42 Å². The third kappa shape index (κ3) is 3.41. The molecule has 0 fully saturated rings. The number of aromatic nitrogens is 1. The lowest BCUT2D eigenvalue weighted by Crippen LogP contribution is -2.34. The number of nitrogens with two attached hydrogens (primary N) is 1. The first-order valence-corrected chi connectivity index (χ1v) is 8.45. The summed E-state index contributed by atoms with van der Waals surface area (Å²) in [4.78, 5) is 38.6. The number of carbonyl (C=O) groups excluding carboxylic acids is 2. The molecule has 0 saturated carbocycles. The number of pyridine rings is 1. The number of hydrogen-bond donors (Lipinski definition) is 3. The second-order valence-corrected chi connectivity index (χ2v) is 6.62. The van der Waals surface area contributed by atoms with E-state index < -0.39 is 11.5 Å². The Morgan fingerprint density at radius 2 is 2.00 bits per heavy atom. The number of aryl methyl sites for hydroxylation is 1. The summed E-state index contributed by atoms with van der Waals surface area (Å²) in [6.07, 6.45) is 2.11. The van der Waals surface area contributed by atoms with E-state index in [0.29, 0.717) is 29.1 Å². The van der Waals surface area contributed by atoms with Crippen LogP contribution in [0.15, 0.2) is 29.1 Å². The Hall–Kier alpha value is -2.31. The largest absolute Gasteiger partial charge is 0.365 e. The molecule has 2 amide bonds. The number of amides is 2. The van der Waals surface area contributed by atoms with Crippen LogP contribution >= 0.6 is 23.2 Å². The van der Waals surface area contributed by atoms with Gasteiger partial charge in [-0.2, -0.15) is 0 Å². The highest BCUT2D eigenvalue weighted by Crippen LogP contribution is 2.30. The van der Waals surface area contributed by atoms with E-state index in [1.165, 1.54) is 6.07 Å². The van der Waals surface area contributed by atoms with Gasteiger partial charge in [-0.3, -0.25) is 14.4 Å². The summed E-state index contributed by atoms with van der Waals surface area (Å²) in [5, 5.41) is 3.36. The summed E-state index contributed by atoms with van der Waals surface area (Å²) < 4.78 is 0.